The minimum atomic E-state index is 0.647. The van der Waals surface area contributed by atoms with E-state index in [1.165, 1.54) is 11.3 Å². The highest BCUT2D eigenvalue weighted by molar-refractivity contribution is 5.66. The monoisotopic (exact) mass is 317 g/mol. The van der Waals surface area contributed by atoms with Gasteiger partial charge in [-0.05, 0) is 36.6 Å². The summed E-state index contributed by atoms with van der Waals surface area (Å²) in [5, 5.41) is 3.32. The van der Waals surface area contributed by atoms with Gasteiger partial charge in [-0.25, -0.2) is 9.97 Å². The van der Waals surface area contributed by atoms with Crippen LogP contribution >= 0.6 is 0 Å². The van der Waals surface area contributed by atoms with E-state index < -0.39 is 0 Å². The van der Waals surface area contributed by atoms with Crippen molar-refractivity contribution < 1.29 is 0 Å². The molecule has 24 heavy (non-hydrogen) atoms. The van der Waals surface area contributed by atoms with Crippen molar-refractivity contribution in [2.75, 3.05) is 16.8 Å². The van der Waals surface area contributed by atoms with Crippen LogP contribution in [0.4, 0.5) is 17.3 Å². The predicted octanol–water partition coefficient (Wildman–Crippen LogP) is 3.57. The summed E-state index contributed by atoms with van der Waals surface area (Å²) in [6, 6.07) is 16.4. The van der Waals surface area contributed by atoms with Gasteiger partial charge in [0, 0.05) is 24.5 Å². The zero-order valence-corrected chi connectivity index (χ0v) is 13.4. The summed E-state index contributed by atoms with van der Waals surface area (Å²) >= 11 is 0. The summed E-state index contributed by atoms with van der Waals surface area (Å²) in [5.41, 5.74) is 3.62. The summed E-state index contributed by atoms with van der Waals surface area (Å²) in [6.07, 6.45) is 5.68. The first kappa shape index (κ1) is 14.6. The van der Waals surface area contributed by atoms with Gasteiger partial charge >= 0.3 is 0 Å². The molecule has 0 atom stereocenters. The van der Waals surface area contributed by atoms with E-state index in [4.69, 9.17) is 0 Å². The van der Waals surface area contributed by atoms with Gasteiger partial charge in [0.1, 0.15) is 18.0 Å². The number of anilines is 3. The molecule has 0 saturated carbocycles. The SMILES string of the molecule is c1ccc(CNc2cc(N3CCCc4ccccc43)ncn2)nc1. The van der Waals surface area contributed by atoms with Gasteiger partial charge < -0.3 is 10.2 Å². The van der Waals surface area contributed by atoms with Crippen LogP contribution in [0.5, 0.6) is 0 Å². The Labute approximate surface area is 141 Å². The lowest BCUT2D eigenvalue weighted by Crippen LogP contribution is -2.25. The quantitative estimate of drug-likeness (QED) is 0.797. The minimum absolute atomic E-state index is 0.647. The number of aryl methyl sites for hydroxylation is 1. The molecule has 0 fully saturated rings. The molecule has 0 saturated heterocycles. The Morgan fingerprint density at radius 3 is 2.83 bits per heavy atom. The first-order valence-corrected chi connectivity index (χ1v) is 8.21. The van der Waals surface area contributed by atoms with E-state index in [2.05, 4.69) is 49.4 Å². The second-order valence-electron chi connectivity index (χ2n) is 5.82. The summed E-state index contributed by atoms with van der Waals surface area (Å²) in [4.78, 5) is 15.4. The molecule has 1 aliphatic rings. The molecule has 5 nitrogen and oxygen atoms in total. The van der Waals surface area contributed by atoms with Gasteiger partial charge in [-0.15, -0.1) is 0 Å². The Morgan fingerprint density at radius 2 is 1.92 bits per heavy atom. The number of rotatable bonds is 4. The Bertz CT molecular complexity index is 819. The lowest BCUT2D eigenvalue weighted by molar-refractivity contribution is 0.758. The van der Waals surface area contributed by atoms with Crippen LogP contribution in [0.2, 0.25) is 0 Å². The van der Waals surface area contributed by atoms with Crippen LogP contribution in [-0.2, 0) is 13.0 Å². The maximum absolute atomic E-state index is 4.48. The van der Waals surface area contributed by atoms with E-state index in [1.807, 2.05) is 24.3 Å². The number of nitrogens with one attached hydrogen (secondary N) is 1. The molecule has 0 spiro atoms. The topological polar surface area (TPSA) is 53.9 Å². The lowest BCUT2D eigenvalue weighted by Gasteiger charge is -2.30. The number of hydrogen-bond acceptors (Lipinski definition) is 5. The molecular weight excluding hydrogens is 298 g/mol. The zero-order valence-electron chi connectivity index (χ0n) is 13.4. The summed E-state index contributed by atoms with van der Waals surface area (Å²) in [7, 11) is 0. The smallest absolute Gasteiger partial charge is 0.138 e. The first-order chi connectivity index (χ1) is 11.9. The molecule has 5 heteroatoms. The van der Waals surface area contributed by atoms with Gasteiger partial charge in [0.2, 0.25) is 0 Å². The number of fused-ring (bicyclic) bond motifs is 1. The van der Waals surface area contributed by atoms with Crippen molar-refractivity contribution in [3.8, 4) is 0 Å². The van der Waals surface area contributed by atoms with Crippen molar-refractivity contribution in [3.63, 3.8) is 0 Å². The standard InChI is InChI=1S/C19H19N5/c1-2-9-17-15(6-1)7-5-11-24(17)19-12-18(22-14-23-19)21-13-16-8-3-4-10-20-16/h1-4,6,8-10,12,14H,5,7,11,13H2,(H,21,22,23). The summed E-state index contributed by atoms with van der Waals surface area (Å²) in [6.45, 7) is 1.63. The molecule has 0 unspecified atom stereocenters. The van der Waals surface area contributed by atoms with E-state index in [1.54, 1.807) is 12.5 Å². The van der Waals surface area contributed by atoms with Crippen molar-refractivity contribution in [3.05, 3.63) is 72.3 Å². The molecule has 0 aliphatic carbocycles. The van der Waals surface area contributed by atoms with Gasteiger partial charge in [0.15, 0.2) is 0 Å². The Morgan fingerprint density at radius 1 is 1.00 bits per heavy atom. The highest BCUT2D eigenvalue weighted by atomic mass is 15.2. The van der Waals surface area contributed by atoms with Crippen molar-refractivity contribution >= 4 is 17.3 Å². The summed E-state index contributed by atoms with van der Waals surface area (Å²) in [5.74, 6) is 1.74. The van der Waals surface area contributed by atoms with Crippen LogP contribution in [-0.4, -0.2) is 21.5 Å². The van der Waals surface area contributed by atoms with E-state index in [0.29, 0.717) is 6.54 Å². The molecule has 0 amide bonds. The van der Waals surface area contributed by atoms with Gasteiger partial charge in [-0.2, -0.15) is 0 Å². The van der Waals surface area contributed by atoms with Crippen molar-refractivity contribution in [2.24, 2.45) is 0 Å². The minimum Gasteiger partial charge on any atom is -0.364 e. The van der Waals surface area contributed by atoms with E-state index >= 15 is 0 Å². The maximum Gasteiger partial charge on any atom is 0.138 e. The van der Waals surface area contributed by atoms with Gasteiger partial charge in [0.05, 0.1) is 12.2 Å². The zero-order chi connectivity index (χ0) is 16.2. The largest absolute Gasteiger partial charge is 0.364 e. The highest BCUT2D eigenvalue weighted by Gasteiger charge is 2.18. The first-order valence-electron chi connectivity index (χ1n) is 8.21. The normalized spacial score (nSPS) is 13.4. The third-order valence-corrected chi connectivity index (χ3v) is 4.22. The van der Waals surface area contributed by atoms with Crippen molar-refractivity contribution in [2.45, 2.75) is 19.4 Å². The lowest BCUT2D eigenvalue weighted by atomic mass is 10.0. The average Bonchev–Trinajstić information content (AvgIpc) is 2.67. The van der Waals surface area contributed by atoms with E-state index in [9.17, 15) is 0 Å². The molecule has 1 aliphatic heterocycles. The third-order valence-electron chi connectivity index (χ3n) is 4.22. The fourth-order valence-corrected chi connectivity index (χ4v) is 3.05. The van der Waals surface area contributed by atoms with Crippen LogP contribution in [0.3, 0.4) is 0 Å². The second-order valence-corrected chi connectivity index (χ2v) is 5.82. The Kier molecular flexibility index (Phi) is 4.06. The molecule has 2 aromatic heterocycles. The number of para-hydroxylation sites is 1. The Hall–Kier alpha value is -2.95. The predicted molar refractivity (Wildman–Crippen MR) is 95.4 cm³/mol. The molecule has 0 radical (unpaired) electrons. The second kappa shape index (κ2) is 6.66. The van der Waals surface area contributed by atoms with Gasteiger partial charge in [-0.3, -0.25) is 4.98 Å². The van der Waals surface area contributed by atoms with Crippen molar-refractivity contribution in [1.82, 2.24) is 15.0 Å². The highest BCUT2D eigenvalue weighted by Crippen LogP contribution is 2.32. The number of hydrogen-bond donors (Lipinski definition) is 1. The molecule has 1 aromatic carbocycles. The van der Waals surface area contributed by atoms with Crippen LogP contribution in [0.1, 0.15) is 17.7 Å². The van der Waals surface area contributed by atoms with Crippen LogP contribution in [0.25, 0.3) is 0 Å². The van der Waals surface area contributed by atoms with E-state index in [-0.39, 0.29) is 0 Å². The van der Waals surface area contributed by atoms with Crippen molar-refractivity contribution in [1.29, 1.82) is 0 Å². The molecule has 3 aromatic rings. The number of pyridine rings is 1. The average molecular weight is 317 g/mol. The number of nitrogens with zero attached hydrogens (tertiary/aromatic N) is 4. The van der Waals surface area contributed by atoms with Crippen LogP contribution in [0, 0.1) is 0 Å². The van der Waals surface area contributed by atoms with Crippen LogP contribution < -0.4 is 10.2 Å². The molecule has 120 valence electrons. The third kappa shape index (κ3) is 3.06. The molecular formula is C19H19N5. The molecule has 3 heterocycles. The molecule has 0 bridgehead atoms. The molecule has 4 rings (SSSR count). The number of aromatic nitrogens is 3. The van der Waals surface area contributed by atoms with Gasteiger partial charge in [-0.1, -0.05) is 24.3 Å². The number of benzene rings is 1. The van der Waals surface area contributed by atoms with E-state index in [0.717, 1.165) is 36.7 Å². The molecule has 1 N–H and O–H groups in total. The Balaban J connectivity index is 1.55. The fourth-order valence-electron chi connectivity index (χ4n) is 3.05. The van der Waals surface area contributed by atoms with Crippen LogP contribution in [0.15, 0.2) is 61.1 Å². The summed E-state index contributed by atoms with van der Waals surface area (Å²) < 4.78 is 0. The maximum atomic E-state index is 4.48. The fraction of sp³-hybridized carbons (Fsp3) is 0.211. The van der Waals surface area contributed by atoms with Gasteiger partial charge in [0.25, 0.3) is 0 Å².